The van der Waals surface area contributed by atoms with Crippen molar-refractivity contribution in [2.45, 2.75) is 36.8 Å². The highest BCUT2D eigenvalue weighted by atomic mass is 79.9. The highest BCUT2D eigenvalue weighted by Crippen LogP contribution is 2.60. The van der Waals surface area contributed by atoms with E-state index in [4.69, 9.17) is 26.1 Å². The molecule has 0 N–H and O–H groups in total. The van der Waals surface area contributed by atoms with Crippen LogP contribution >= 0.6 is 27.5 Å². The summed E-state index contributed by atoms with van der Waals surface area (Å²) in [5.41, 5.74) is 2.59. The molecular formula is C20H20BrClN2O2. The van der Waals surface area contributed by atoms with Gasteiger partial charge in [0.1, 0.15) is 11.6 Å². The largest absolute Gasteiger partial charge is 0.497 e. The topological polar surface area (TPSA) is 37.9 Å². The number of hydrogen-bond donors (Lipinski definition) is 0. The van der Waals surface area contributed by atoms with Gasteiger partial charge >= 0.3 is 0 Å². The van der Waals surface area contributed by atoms with Gasteiger partial charge in [-0.3, -0.25) is 0 Å². The second kappa shape index (κ2) is 5.85. The number of rotatable bonds is 3. The lowest BCUT2D eigenvalue weighted by Crippen LogP contribution is -2.32. The van der Waals surface area contributed by atoms with Crippen LogP contribution in [-0.4, -0.2) is 30.8 Å². The SMILES string of the molecule is COc1ccc(CN2CC3(CCC4(CO4)C3)c3c2ncc(Br)c3Cl)cc1. The first-order valence-electron chi connectivity index (χ1n) is 8.91. The summed E-state index contributed by atoms with van der Waals surface area (Å²) in [6, 6.07) is 8.24. The predicted molar refractivity (Wildman–Crippen MR) is 105 cm³/mol. The van der Waals surface area contributed by atoms with Gasteiger partial charge in [-0.25, -0.2) is 4.98 Å². The van der Waals surface area contributed by atoms with Gasteiger partial charge in [0, 0.05) is 30.3 Å². The van der Waals surface area contributed by atoms with E-state index in [0.29, 0.717) is 0 Å². The number of ether oxygens (including phenoxy) is 2. The zero-order valence-corrected chi connectivity index (χ0v) is 16.9. The van der Waals surface area contributed by atoms with Gasteiger partial charge in [-0.1, -0.05) is 23.7 Å². The molecular weight excluding hydrogens is 416 g/mol. The van der Waals surface area contributed by atoms with Crippen LogP contribution in [0.5, 0.6) is 5.75 Å². The maximum atomic E-state index is 6.76. The number of methoxy groups -OCH3 is 1. The molecule has 1 saturated heterocycles. The maximum Gasteiger partial charge on any atom is 0.134 e. The summed E-state index contributed by atoms with van der Waals surface area (Å²) in [6.45, 7) is 2.65. The molecule has 0 bridgehead atoms. The molecule has 0 amide bonds. The molecule has 136 valence electrons. The van der Waals surface area contributed by atoms with E-state index in [9.17, 15) is 0 Å². The Balaban J connectivity index is 1.51. The second-order valence-corrected chi connectivity index (χ2v) is 8.98. The van der Waals surface area contributed by atoms with Crippen LogP contribution in [0.2, 0.25) is 5.02 Å². The molecule has 2 fully saturated rings. The third kappa shape index (κ3) is 2.55. The molecule has 2 unspecified atom stereocenters. The number of halogens is 2. The van der Waals surface area contributed by atoms with E-state index in [2.05, 4.69) is 33.0 Å². The van der Waals surface area contributed by atoms with Gasteiger partial charge in [0.25, 0.3) is 0 Å². The van der Waals surface area contributed by atoms with Crippen molar-refractivity contribution in [1.82, 2.24) is 4.98 Å². The maximum absolute atomic E-state index is 6.76. The van der Waals surface area contributed by atoms with Crippen molar-refractivity contribution in [3.63, 3.8) is 0 Å². The normalized spacial score (nSPS) is 28.8. The van der Waals surface area contributed by atoms with E-state index < -0.39 is 0 Å². The molecule has 3 aliphatic rings. The molecule has 4 nitrogen and oxygen atoms in total. The van der Waals surface area contributed by atoms with Crippen molar-refractivity contribution in [2.24, 2.45) is 0 Å². The molecule has 26 heavy (non-hydrogen) atoms. The number of anilines is 1. The number of aromatic nitrogens is 1. The van der Waals surface area contributed by atoms with Gasteiger partial charge in [0.2, 0.25) is 0 Å². The van der Waals surface area contributed by atoms with E-state index in [1.165, 1.54) is 11.1 Å². The Morgan fingerprint density at radius 2 is 2.08 bits per heavy atom. The van der Waals surface area contributed by atoms with Crippen molar-refractivity contribution >= 4 is 33.3 Å². The fourth-order valence-electron chi connectivity index (χ4n) is 4.73. The van der Waals surface area contributed by atoms with Crippen LogP contribution in [0, 0.1) is 0 Å². The molecule has 1 aliphatic carbocycles. The minimum atomic E-state index is 0.0478. The first-order valence-corrected chi connectivity index (χ1v) is 10.1. The third-order valence-electron chi connectivity index (χ3n) is 6.08. The van der Waals surface area contributed by atoms with Crippen LogP contribution in [0.4, 0.5) is 5.82 Å². The standard InChI is InChI=1S/C20H20BrClN2O2/c1-25-14-4-2-13(3-5-14)9-24-11-19(6-7-20(10-19)12-26-20)16-17(22)15(21)8-23-18(16)24/h2-5,8H,6-7,9-12H2,1H3. The Kier molecular flexibility index (Phi) is 3.79. The first kappa shape index (κ1) is 16.8. The van der Waals surface area contributed by atoms with Crippen LogP contribution in [-0.2, 0) is 16.7 Å². The quantitative estimate of drug-likeness (QED) is 0.654. The minimum absolute atomic E-state index is 0.0478. The zero-order chi connectivity index (χ0) is 17.9. The summed E-state index contributed by atoms with van der Waals surface area (Å²) < 4.78 is 11.9. The smallest absolute Gasteiger partial charge is 0.134 e. The van der Waals surface area contributed by atoms with Crippen LogP contribution in [0.25, 0.3) is 0 Å². The third-order valence-corrected chi connectivity index (χ3v) is 7.30. The number of fused-ring (bicyclic) bond motifs is 2. The number of hydrogen-bond acceptors (Lipinski definition) is 4. The molecule has 2 aromatic rings. The molecule has 5 rings (SSSR count). The van der Waals surface area contributed by atoms with Gasteiger partial charge in [0.15, 0.2) is 0 Å². The summed E-state index contributed by atoms with van der Waals surface area (Å²) in [6.07, 6.45) is 5.09. The molecule has 1 aromatic heterocycles. The molecule has 2 aliphatic heterocycles. The number of epoxide rings is 1. The Hall–Kier alpha value is -1.30. The zero-order valence-electron chi connectivity index (χ0n) is 14.6. The summed E-state index contributed by atoms with van der Waals surface area (Å²) in [5.74, 6) is 1.90. The lowest BCUT2D eigenvalue weighted by Gasteiger charge is -2.26. The Bertz CT molecular complexity index is 869. The van der Waals surface area contributed by atoms with Crippen molar-refractivity contribution in [3.8, 4) is 5.75 Å². The Labute approximate surface area is 166 Å². The summed E-state index contributed by atoms with van der Waals surface area (Å²) in [7, 11) is 1.69. The molecule has 2 spiro atoms. The molecule has 3 heterocycles. The first-order chi connectivity index (χ1) is 12.5. The van der Waals surface area contributed by atoms with E-state index in [1.54, 1.807) is 7.11 Å². The molecule has 2 atom stereocenters. The van der Waals surface area contributed by atoms with Crippen LogP contribution in [0.3, 0.4) is 0 Å². The van der Waals surface area contributed by atoms with E-state index >= 15 is 0 Å². The van der Waals surface area contributed by atoms with Crippen LogP contribution in [0.1, 0.15) is 30.4 Å². The van der Waals surface area contributed by atoms with Crippen molar-refractivity contribution in [1.29, 1.82) is 0 Å². The Morgan fingerprint density at radius 1 is 1.31 bits per heavy atom. The fraction of sp³-hybridized carbons (Fsp3) is 0.450. The second-order valence-electron chi connectivity index (χ2n) is 7.75. The number of nitrogens with zero attached hydrogens (tertiary/aromatic N) is 2. The number of benzene rings is 1. The van der Waals surface area contributed by atoms with Gasteiger partial charge in [-0.05, 0) is 52.9 Å². The number of pyridine rings is 1. The van der Waals surface area contributed by atoms with Crippen molar-refractivity contribution in [2.75, 3.05) is 25.2 Å². The molecule has 1 aromatic carbocycles. The van der Waals surface area contributed by atoms with E-state index in [0.717, 1.165) is 60.0 Å². The van der Waals surface area contributed by atoms with E-state index in [1.807, 2.05) is 18.3 Å². The lowest BCUT2D eigenvalue weighted by atomic mass is 9.80. The molecule has 0 radical (unpaired) electrons. The van der Waals surface area contributed by atoms with Gasteiger partial charge in [-0.2, -0.15) is 0 Å². The monoisotopic (exact) mass is 434 g/mol. The van der Waals surface area contributed by atoms with Crippen LogP contribution in [0.15, 0.2) is 34.9 Å². The molecule has 1 saturated carbocycles. The summed E-state index contributed by atoms with van der Waals surface area (Å²) in [4.78, 5) is 7.12. The average Bonchev–Trinajstić information content (AvgIpc) is 3.20. The predicted octanol–water partition coefficient (Wildman–Crippen LogP) is 4.72. The van der Waals surface area contributed by atoms with Crippen LogP contribution < -0.4 is 9.64 Å². The summed E-state index contributed by atoms with van der Waals surface area (Å²) in [5, 5.41) is 0.810. The van der Waals surface area contributed by atoms with Gasteiger partial charge < -0.3 is 14.4 Å². The van der Waals surface area contributed by atoms with Crippen molar-refractivity contribution < 1.29 is 9.47 Å². The minimum Gasteiger partial charge on any atom is -0.497 e. The average molecular weight is 436 g/mol. The van der Waals surface area contributed by atoms with E-state index in [-0.39, 0.29) is 11.0 Å². The highest BCUT2D eigenvalue weighted by Gasteiger charge is 2.60. The van der Waals surface area contributed by atoms with Gasteiger partial charge in [0.05, 0.1) is 28.8 Å². The highest BCUT2D eigenvalue weighted by molar-refractivity contribution is 9.10. The fourth-order valence-corrected chi connectivity index (χ4v) is 5.36. The molecule has 6 heteroatoms. The van der Waals surface area contributed by atoms with Crippen molar-refractivity contribution in [3.05, 3.63) is 51.1 Å². The lowest BCUT2D eigenvalue weighted by molar-refractivity contribution is 0.295. The van der Waals surface area contributed by atoms with Gasteiger partial charge in [-0.15, -0.1) is 0 Å². The summed E-state index contributed by atoms with van der Waals surface area (Å²) >= 11 is 10.3. The Morgan fingerprint density at radius 3 is 2.73 bits per heavy atom.